The summed E-state index contributed by atoms with van der Waals surface area (Å²) in [5.41, 5.74) is 3.89. The van der Waals surface area contributed by atoms with Gasteiger partial charge in [0.1, 0.15) is 16.9 Å². The van der Waals surface area contributed by atoms with Crippen molar-refractivity contribution in [3.05, 3.63) is 80.4 Å². The lowest BCUT2D eigenvalue weighted by Gasteiger charge is -2.41. The second-order valence-electron chi connectivity index (χ2n) is 11.3. The topological polar surface area (TPSA) is 130 Å². The van der Waals surface area contributed by atoms with Gasteiger partial charge in [-0.15, -0.1) is 0 Å². The average molecular weight is 573 g/mol. The van der Waals surface area contributed by atoms with E-state index in [1.54, 1.807) is 4.90 Å². The fourth-order valence-corrected chi connectivity index (χ4v) is 6.17. The lowest BCUT2D eigenvalue weighted by Crippen LogP contribution is -2.53. The van der Waals surface area contributed by atoms with E-state index >= 15 is 0 Å². The first-order valence-electron chi connectivity index (χ1n) is 14.3. The third kappa shape index (κ3) is 5.19. The van der Waals surface area contributed by atoms with Crippen molar-refractivity contribution in [3.8, 4) is 0 Å². The number of benzene rings is 2. The van der Waals surface area contributed by atoms with Crippen LogP contribution in [0, 0.1) is 27.7 Å². The fourth-order valence-electron chi connectivity index (χ4n) is 6.17. The van der Waals surface area contributed by atoms with Crippen molar-refractivity contribution in [2.75, 3.05) is 19.6 Å². The monoisotopic (exact) mass is 572 g/mol. The Morgan fingerprint density at radius 3 is 2.21 bits per heavy atom. The number of rotatable bonds is 8. The summed E-state index contributed by atoms with van der Waals surface area (Å²) in [6.07, 6.45) is 1.06. The Balaban J connectivity index is 1.32. The summed E-state index contributed by atoms with van der Waals surface area (Å²) in [4.78, 5) is 52.4. The molecule has 0 saturated carbocycles. The van der Waals surface area contributed by atoms with Gasteiger partial charge in [-0.3, -0.25) is 14.4 Å². The molecule has 0 unspecified atom stereocenters. The lowest BCUT2D eigenvalue weighted by atomic mass is 9.72. The van der Waals surface area contributed by atoms with Gasteiger partial charge >= 0.3 is 11.6 Å². The van der Waals surface area contributed by atoms with E-state index in [2.05, 4.69) is 5.32 Å². The molecule has 42 heavy (non-hydrogen) atoms. The van der Waals surface area contributed by atoms with Gasteiger partial charge in [0.15, 0.2) is 0 Å². The number of hydrogen-bond acceptors (Lipinski definition) is 6. The number of nitrogens with zero attached hydrogens (tertiary/aromatic N) is 1. The molecular weight excluding hydrogens is 536 g/mol. The molecule has 1 fully saturated rings. The molecule has 0 radical (unpaired) electrons. The molecule has 0 atom stereocenters. The molecule has 0 spiro atoms. The summed E-state index contributed by atoms with van der Waals surface area (Å²) in [5, 5.41) is 13.6. The first-order valence-corrected chi connectivity index (χ1v) is 14.3. The molecular formula is C33H36N2O7. The van der Waals surface area contributed by atoms with Crippen LogP contribution in [0.1, 0.15) is 59.3 Å². The molecule has 9 heteroatoms. The Hall–Kier alpha value is -4.40. The number of aryl methyl sites for hydroxylation is 4. The average Bonchev–Trinajstić information content (AvgIpc) is 3.27. The molecule has 0 bridgehead atoms. The quantitative estimate of drug-likeness (QED) is 0.289. The van der Waals surface area contributed by atoms with Gasteiger partial charge in [0, 0.05) is 48.0 Å². The van der Waals surface area contributed by atoms with Crippen molar-refractivity contribution in [3.63, 3.8) is 0 Å². The van der Waals surface area contributed by atoms with Gasteiger partial charge in [-0.1, -0.05) is 30.3 Å². The smallest absolute Gasteiger partial charge is 0.339 e. The van der Waals surface area contributed by atoms with E-state index in [4.69, 9.17) is 13.9 Å². The third-order valence-electron chi connectivity index (χ3n) is 8.89. The first kappa shape index (κ1) is 29.1. The zero-order chi connectivity index (χ0) is 30.2. The van der Waals surface area contributed by atoms with Crippen LogP contribution in [0.3, 0.4) is 0 Å². The van der Waals surface area contributed by atoms with E-state index in [9.17, 15) is 19.2 Å². The minimum Gasteiger partial charge on any atom is -0.481 e. The SMILES string of the molecule is Cc1oc2c(C)c3oc(=O)c(CCC(=O)N4CCC(C(=O)NCCC(=O)O)(c5ccccc5)CC4)c(C)c3cc2c1C. The van der Waals surface area contributed by atoms with E-state index in [-0.39, 0.29) is 37.6 Å². The maximum absolute atomic E-state index is 13.3. The van der Waals surface area contributed by atoms with Crippen molar-refractivity contribution < 1.29 is 28.3 Å². The van der Waals surface area contributed by atoms with Crippen molar-refractivity contribution in [1.29, 1.82) is 0 Å². The van der Waals surface area contributed by atoms with Gasteiger partial charge in [0.05, 0.1) is 11.8 Å². The van der Waals surface area contributed by atoms with Crippen LogP contribution < -0.4 is 10.9 Å². The number of amides is 2. The Bertz CT molecular complexity index is 1740. The van der Waals surface area contributed by atoms with Gasteiger partial charge in [-0.25, -0.2) is 4.79 Å². The maximum atomic E-state index is 13.3. The number of hydrogen-bond donors (Lipinski definition) is 2. The third-order valence-corrected chi connectivity index (χ3v) is 8.89. The largest absolute Gasteiger partial charge is 0.481 e. The number of nitrogens with one attached hydrogen (secondary N) is 1. The Morgan fingerprint density at radius 2 is 1.55 bits per heavy atom. The summed E-state index contributed by atoms with van der Waals surface area (Å²) >= 11 is 0. The summed E-state index contributed by atoms with van der Waals surface area (Å²) in [6.45, 7) is 8.50. The number of furan rings is 1. The van der Waals surface area contributed by atoms with Crippen LogP contribution in [-0.2, 0) is 26.2 Å². The van der Waals surface area contributed by atoms with Crippen LogP contribution in [-0.4, -0.2) is 47.4 Å². The first-order chi connectivity index (χ1) is 20.0. The second kappa shape index (κ2) is 11.5. The zero-order valence-corrected chi connectivity index (χ0v) is 24.5. The van der Waals surface area contributed by atoms with Crippen LogP contribution in [0.15, 0.2) is 50.0 Å². The molecule has 2 amide bonds. The van der Waals surface area contributed by atoms with E-state index in [1.807, 2.05) is 64.1 Å². The van der Waals surface area contributed by atoms with Gasteiger partial charge in [0.25, 0.3) is 0 Å². The van der Waals surface area contributed by atoms with Crippen molar-refractivity contribution >= 4 is 39.7 Å². The lowest BCUT2D eigenvalue weighted by molar-refractivity contribution is -0.138. The highest BCUT2D eigenvalue weighted by molar-refractivity contribution is 6.00. The van der Waals surface area contributed by atoms with Crippen molar-refractivity contribution in [2.45, 2.75) is 65.2 Å². The van der Waals surface area contributed by atoms with Gasteiger partial charge in [-0.05, 0) is 69.7 Å². The second-order valence-corrected chi connectivity index (χ2v) is 11.3. The predicted octanol–water partition coefficient (Wildman–Crippen LogP) is 4.86. The van der Waals surface area contributed by atoms with Crippen LogP contribution in [0.25, 0.3) is 21.9 Å². The highest BCUT2D eigenvalue weighted by atomic mass is 16.4. The molecule has 2 aromatic carbocycles. The van der Waals surface area contributed by atoms with Crippen LogP contribution >= 0.6 is 0 Å². The minimum absolute atomic E-state index is 0.0455. The molecule has 1 saturated heterocycles. The molecule has 1 aliphatic rings. The summed E-state index contributed by atoms with van der Waals surface area (Å²) in [6, 6.07) is 11.4. The zero-order valence-electron chi connectivity index (χ0n) is 24.5. The molecule has 5 rings (SSSR count). The number of carbonyl (C=O) groups excluding carboxylic acids is 2. The van der Waals surface area contributed by atoms with Crippen LogP contribution in [0.2, 0.25) is 0 Å². The number of piperidine rings is 1. The molecule has 2 N–H and O–H groups in total. The Labute approximate surface area is 243 Å². The number of aliphatic carboxylic acids is 1. The number of likely N-dealkylation sites (tertiary alicyclic amines) is 1. The van der Waals surface area contributed by atoms with E-state index in [0.717, 1.165) is 44.4 Å². The standard InChI is InChI=1S/C33H36N2O7/c1-19-22(4)41-29-21(3)30-26(18-25(19)29)20(2)24(31(39)42-30)10-11-27(36)35-16-13-33(14-17-35,23-8-6-5-7-9-23)32(40)34-15-12-28(37)38/h5-9,18H,10-17H2,1-4H3,(H,34,40)(H,37,38). The highest BCUT2D eigenvalue weighted by Crippen LogP contribution is 2.37. The summed E-state index contributed by atoms with van der Waals surface area (Å²) < 4.78 is 11.7. The Morgan fingerprint density at radius 1 is 0.905 bits per heavy atom. The van der Waals surface area contributed by atoms with E-state index in [1.165, 1.54) is 0 Å². The fraction of sp³-hybridized carbons (Fsp3) is 0.394. The number of carboxylic acid groups (broad SMARTS) is 1. The van der Waals surface area contributed by atoms with Crippen LogP contribution in [0.5, 0.6) is 0 Å². The highest BCUT2D eigenvalue weighted by Gasteiger charge is 2.43. The van der Waals surface area contributed by atoms with Gasteiger partial charge in [0.2, 0.25) is 11.8 Å². The summed E-state index contributed by atoms with van der Waals surface area (Å²) in [7, 11) is 0. The van der Waals surface area contributed by atoms with Crippen LogP contribution in [0.4, 0.5) is 0 Å². The Kier molecular flexibility index (Phi) is 7.95. The molecule has 220 valence electrons. The number of fused-ring (bicyclic) bond motifs is 2. The normalized spacial score (nSPS) is 14.8. The molecule has 2 aromatic heterocycles. The maximum Gasteiger partial charge on any atom is 0.339 e. The van der Waals surface area contributed by atoms with Gasteiger partial charge in [-0.2, -0.15) is 0 Å². The van der Waals surface area contributed by atoms with E-state index in [0.29, 0.717) is 37.1 Å². The molecule has 0 aliphatic carbocycles. The van der Waals surface area contributed by atoms with E-state index < -0.39 is 17.0 Å². The number of carboxylic acids is 1. The van der Waals surface area contributed by atoms with Gasteiger partial charge < -0.3 is 24.2 Å². The molecule has 4 aromatic rings. The molecule has 1 aliphatic heterocycles. The molecule has 3 heterocycles. The molecule has 9 nitrogen and oxygen atoms in total. The number of carbonyl (C=O) groups is 3. The predicted molar refractivity (Wildman–Crippen MR) is 159 cm³/mol. The summed E-state index contributed by atoms with van der Waals surface area (Å²) in [5.74, 6) is -0.464. The van der Waals surface area contributed by atoms with Crippen molar-refractivity contribution in [1.82, 2.24) is 10.2 Å². The minimum atomic E-state index is -0.977. The van der Waals surface area contributed by atoms with Crippen molar-refractivity contribution in [2.24, 2.45) is 0 Å².